The highest BCUT2D eigenvalue weighted by Gasteiger charge is 2.14. The Morgan fingerprint density at radius 3 is 2.56 bits per heavy atom. The summed E-state index contributed by atoms with van der Waals surface area (Å²) in [6, 6.07) is 20.6. The zero-order chi connectivity index (χ0) is 17.2. The average molecular weight is 365 g/mol. The van der Waals surface area contributed by atoms with Gasteiger partial charge >= 0.3 is 0 Å². The minimum atomic E-state index is -0.168. The van der Waals surface area contributed by atoms with Crippen molar-refractivity contribution in [1.82, 2.24) is 4.98 Å². The minimum absolute atomic E-state index is 0.168. The van der Waals surface area contributed by atoms with E-state index in [1.165, 1.54) is 0 Å². The summed E-state index contributed by atoms with van der Waals surface area (Å²) in [5.74, 6) is -0.168. The number of benzene rings is 2. The van der Waals surface area contributed by atoms with Crippen molar-refractivity contribution >= 4 is 45.4 Å². The van der Waals surface area contributed by atoms with Crippen LogP contribution >= 0.6 is 22.9 Å². The first-order valence-electron chi connectivity index (χ1n) is 7.71. The zero-order valence-corrected chi connectivity index (χ0v) is 14.6. The molecular formula is C20H13ClN2OS. The number of carbonyl (C=O) groups excluding carboxylic acids is 1. The second-order valence-corrected chi connectivity index (χ2v) is 6.89. The Kier molecular flexibility index (Phi) is 4.22. The van der Waals surface area contributed by atoms with Gasteiger partial charge in [0.25, 0.3) is 5.91 Å². The van der Waals surface area contributed by atoms with Crippen molar-refractivity contribution in [3.8, 4) is 10.6 Å². The Morgan fingerprint density at radius 2 is 1.80 bits per heavy atom. The van der Waals surface area contributed by atoms with Gasteiger partial charge in [-0.2, -0.15) is 0 Å². The lowest BCUT2D eigenvalue weighted by molar-refractivity contribution is 0.102. The molecule has 0 unspecified atom stereocenters. The number of halogens is 1. The van der Waals surface area contributed by atoms with Gasteiger partial charge in [0.2, 0.25) is 0 Å². The second kappa shape index (κ2) is 6.67. The van der Waals surface area contributed by atoms with E-state index >= 15 is 0 Å². The van der Waals surface area contributed by atoms with E-state index in [1.54, 1.807) is 35.6 Å². The molecule has 0 aliphatic rings. The van der Waals surface area contributed by atoms with Gasteiger partial charge in [-0.3, -0.25) is 4.79 Å². The number of nitrogens with zero attached hydrogens (tertiary/aromatic N) is 1. The summed E-state index contributed by atoms with van der Waals surface area (Å²) < 4.78 is 0. The molecular weight excluding hydrogens is 352 g/mol. The number of rotatable bonds is 3. The van der Waals surface area contributed by atoms with Crippen molar-refractivity contribution < 1.29 is 4.79 Å². The highest BCUT2D eigenvalue weighted by molar-refractivity contribution is 7.13. The summed E-state index contributed by atoms with van der Waals surface area (Å²) in [7, 11) is 0. The van der Waals surface area contributed by atoms with Crippen LogP contribution in [0.2, 0.25) is 5.02 Å². The molecule has 0 fully saturated rings. The Bertz CT molecular complexity index is 1040. The van der Waals surface area contributed by atoms with Crippen LogP contribution in [0.4, 0.5) is 5.69 Å². The van der Waals surface area contributed by atoms with Gasteiger partial charge in [0.15, 0.2) is 0 Å². The molecule has 122 valence electrons. The van der Waals surface area contributed by atoms with Crippen molar-refractivity contribution in [2.75, 3.05) is 5.32 Å². The highest BCUT2D eigenvalue weighted by atomic mass is 35.5. The number of nitrogens with one attached hydrogen (secondary N) is 1. The molecule has 0 saturated carbocycles. The van der Waals surface area contributed by atoms with Gasteiger partial charge in [-0.1, -0.05) is 35.9 Å². The van der Waals surface area contributed by atoms with E-state index in [0.717, 1.165) is 21.5 Å². The van der Waals surface area contributed by atoms with E-state index in [4.69, 9.17) is 16.6 Å². The summed E-state index contributed by atoms with van der Waals surface area (Å²) in [6.45, 7) is 0. The van der Waals surface area contributed by atoms with Crippen LogP contribution in [-0.2, 0) is 0 Å². The predicted molar refractivity (Wildman–Crippen MR) is 104 cm³/mol. The molecule has 0 bridgehead atoms. The maximum Gasteiger partial charge on any atom is 0.256 e. The lowest BCUT2D eigenvalue weighted by atomic mass is 10.1. The van der Waals surface area contributed by atoms with Gasteiger partial charge in [-0.15, -0.1) is 11.3 Å². The van der Waals surface area contributed by atoms with Crippen molar-refractivity contribution in [3.63, 3.8) is 0 Å². The van der Waals surface area contributed by atoms with Crippen molar-refractivity contribution in [2.45, 2.75) is 0 Å². The van der Waals surface area contributed by atoms with Crippen LogP contribution in [0, 0.1) is 0 Å². The third-order valence-electron chi connectivity index (χ3n) is 3.84. The van der Waals surface area contributed by atoms with Crippen molar-refractivity contribution in [3.05, 3.63) is 82.7 Å². The SMILES string of the molecule is O=C(Nc1ccc(Cl)cc1)c1cc(-c2cccs2)nc2ccccc12. The third-order valence-corrected chi connectivity index (χ3v) is 4.98. The molecule has 1 N–H and O–H groups in total. The van der Waals surface area contributed by atoms with E-state index in [1.807, 2.05) is 47.8 Å². The average Bonchev–Trinajstić information content (AvgIpc) is 3.17. The lowest BCUT2D eigenvalue weighted by Gasteiger charge is -2.10. The zero-order valence-electron chi connectivity index (χ0n) is 13.1. The second-order valence-electron chi connectivity index (χ2n) is 5.51. The van der Waals surface area contributed by atoms with E-state index in [2.05, 4.69) is 5.32 Å². The molecule has 0 aliphatic heterocycles. The number of amides is 1. The molecule has 2 heterocycles. The van der Waals surface area contributed by atoms with Gasteiger partial charge in [-0.05, 0) is 47.8 Å². The van der Waals surface area contributed by atoms with E-state index in [9.17, 15) is 4.79 Å². The van der Waals surface area contributed by atoms with Crippen LogP contribution in [0.3, 0.4) is 0 Å². The minimum Gasteiger partial charge on any atom is -0.322 e. The van der Waals surface area contributed by atoms with Gasteiger partial charge in [-0.25, -0.2) is 4.98 Å². The lowest BCUT2D eigenvalue weighted by Crippen LogP contribution is -2.13. The number of para-hydroxylation sites is 1. The normalized spacial score (nSPS) is 10.8. The summed E-state index contributed by atoms with van der Waals surface area (Å²) in [5.41, 5.74) is 2.90. The quantitative estimate of drug-likeness (QED) is 0.494. The number of hydrogen-bond acceptors (Lipinski definition) is 3. The summed E-state index contributed by atoms with van der Waals surface area (Å²) in [4.78, 5) is 18.6. The van der Waals surface area contributed by atoms with Crippen molar-refractivity contribution in [2.24, 2.45) is 0 Å². The Labute approximate surface area is 153 Å². The topological polar surface area (TPSA) is 42.0 Å². The van der Waals surface area contributed by atoms with Crippen LogP contribution in [-0.4, -0.2) is 10.9 Å². The van der Waals surface area contributed by atoms with Gasteiger partial charge < -0.3 is 5.32 Å². The third kappa shape index (κ3) is 3.27. The van der Waals surface area contributed by atoms with Crippen LogP contribution in [0.5, 0.6) is 0 Å². The molecule has 5 heteroatoms. The molecule has 2 aromatic heterocycles. The largest absolute Gasteiger partial charge is 0.322 e. The molecule has 4 rings (SSSR count). The maximum atomic E-state index is 12.9. The Morgan fingerprint density at radius 1 is 1.00 bits per heavy atom. The molecule has 0 radical (unpaired) electrons. The van der Waals surface area contributed by atoms with Gasteiger partial charge in [0.05, 0.1) is 21.7 Å². The van der Waals surface area contributed by atoms with Gasteiger partial charge in [0.1, 0.15) is 0 Å². The number of fused-ring (bicyclic) bond motifs is 1. The number of carbonyl (C=O) groups is 1. The maximum absolute atomic E-state index is 12.9. The van der Waals surface area contributed by atoms with Crippen LogP contribution in [0.1, 0.15) is 10.4 Å². The Balaban J connectivity index is 1.79. The summed E-state index contributed by atoms with van der Waals surface area (Å²) in [6.07, 6.45) is 0. The van der Waals surface area contributed by atoms with Gasteiger partial charge in [0, 0.05) is 16.1 Å². The van der Waals surface area contributed by atoms with Crippen LogP contribution in [0.15, 0.2) is 72.1 Å². The molecule has 3 nitrogen and oxygen atoms in total. The summed E-state index contributed by atoms with van der Waals surface area (Å²) in [5, 5.41) is 6.39. The molecule has 2 aromatic carbocycles. The molecule has 4 aromatic rings. The molecule has 0 atom stereocenters. The fourth-order valence-electron chi connectivity index (χ4n) is 2.65. The number of pyridine rings is 1. The number of thiophene rings is 1. The Hall–Kier alpha value is -2.69. The fraction of sp³-hybridized carbons (Fsp3) is 0. The molecule has 0 spiro atoms. The van der Waals surface area contributed by atoms with Crippen LogP contribution < -0.4 is 5.32 Å². The monoisotopic (exact) mass is 364 g/mol. The van der Waals surface area contributed by atoms with E-state index < -0.39 is 0 Å². The standard InChI is InChI=1S/C20H13ClN2OS/c21-13-7-9-14(10-8-13)22-20(24)16-12-18(19-6-3-11-25-19)23-17-5-2-1-4-15(16)17/h1-12H,(H,22,24). The van der Waals surface area contributed by atoms with E-state index in [-0.39, 0.29) is 5.91 Å². The number of anilines is 1. The molecule has 25 heavy (non-hydrogen) atoms. The summed E-state index contributed by atoms with van der Waals surface area (Å²) >= 11 is 7.50. The number of aromatic nitrogens is 1. The molecule has 0 aliphatic carbocycles. The smallest absolute Gasteiger partial charge is 0.256 e. The first-order valence-corrected chi connectivity index (χ1v) is 8.97. The fourth-order valence-corrected chi connectivity index (χ4v) is 3.46. The predicted octanol–water partition coefficient (Wildman–Crippen LogP) is 5.87. The molecule has 1 amide bonds. The highest BCUT2D eigenvalue weighted by Crippen LogP contribution is 2.28. The van der Waals surface area contributed by atoms with E-state index in [0.29, 0.717) is 16.3 Å². The van der Waals surface area contributed by atoms with Crippen LogP contribution in [0.25, 0.3) is 21.5 Å². The number of hydrogen-bond donors (Lipinski definition) is 1. The van der Waals surface area contributed by atoms with Crippen molar-refractivity contribution in [1.29, 1.82) is 0 Å². The first-order chi connectivity index (χ1) is 12.2. The first kappa shape index (κ1) is 15.8. The molecule has 0 saturated heterocycles.